The molecule has 5 heteroatoms. The predicted octanol–water partition coefficient (Wildman–Crippen LogP) is 4.96. The zero-order valence-electron chi connectivity index (χ0n) is 11.6. The van der Waals surface area contributed by atoms with Crippen LogP contribution in [0, 0.1) is 0 Å². The van der Waals surface area contributed by atoms with Crippen molar-refractivity contribution in [2.45, 2.75) is 27.3 Å². The van der Waals surface area contributed by atoms with Gasteiger partial charge in [-0.15, -0.1) is 50.9 Å². The molecule has 3 N–H and O–H groups in total. The normalized spacial score (nSPS) is 9.06. The molecule has 18 heavy (non-hydrogen) atoms. The van der Waals surface area contributed by atoms with Crippen molar-refractivity contribution in [3.63, 3.8) is 0 Å². The molecule has 0 atom stereocenters. The first kappa shape index (κ1) is 27.0. The van der Waals surface area contributed by atoms with Crippen LogP contribution in [0.5, 0.6) is 0 Å². The molecule has 0 unspecified atom stereocenters. The molecule has 0 heterocycles. The van der Waals surface area contributed by atoms with E-state index in [9.17, 15) is 0 Å². The highest BCUT2D eigenvalue weighted by atomic mass is 79.9. The van der Waals surface area contributed by atoms with Gasteiger partial charge < -0.3 is 10.6 Å². The Morgan fingerprint density at radius 2 is 1.17 bits per heavy atom. The first-order valence-corrected chi connectivity index (χ1v) is 5.65. The van der Waals surface area contributed by atoms with E-state index in [0.717, 1.165) is 0 Å². The van der Waals surface area contributed by atoms with Gasteiger partial charge in [0, 0.05) is 5.56 Å². The second-order valence-electron chi connectivity index (χ2n) is 3.93. The molecule has 0 saturated heterocycles. The van der Waals surface area contributed by atoms with Crippen LogP contribution in [0.15, 0.2) is 30.3 Å². The molecule has 0 aliphatic rings. The lowest BCUT2D eigenvalue weighted by molar-refractivity contribution is -0.936. The molecule has 0 aliphatic carbocycles. The smallest absolute Gasteiger partial charge is 0.104 e. The summed E-state index contributed by atoms with van der Waals surface area (Å²) in [5, 5.41) is 0. The molecule has 1 aromatic carbocycles. The molecule has 0 fully saturated rings. The van der Waals surface area contributed by atoms with Gasteiger partial charge in [0.25, 0.3) is 0 Å². The third-order valence-corrected chi connectivity index (χ3v) is 3.37. The Balaban J connectivity index is -0.000000245. The van der Waals surface area contributed by atoms with Gasteiger partial charge in [0.1, 0.15) is 6.54 Å². The summed E-state index contributed by atoms with van der Waals surface area (Å²) in [4.78, 5) is 0. The summed E-state index contributed by atoms with van der Waals surface area (Å²) in [6.45, 7) is 11.7. The zero-order chi connectivity index (χ0) is 10.4. The number of rotatable bonds is 5. The summed E-state index contributed by atoms with van der Waals surface area (Å²) in [6, 6.07) is 10.8. The van der Waals surface area contributed by atoms with Crippen LogP contribution in [0.25, 0.3) is 0 Å². The van der Waals surface area contributed by atoms with Gasteiger partial charge in [-0.2, -0.15) is 0 Å². The van der Waals surface area contributed by atoms with Crippen molar-refractivity contribution >= 4 is 50.9 Å². The molecule has 0 aromatic heterocycles. The fourth-order valence-corrected chi connectivity index (χ4v) is 1.98. The maximum Gasteiger partial charge on any atom is 0.104 e. The number of hydrogen-bond acceptors (Lipinski definition) is 1. The molecule has 0 spiro atoms. The molecule has 2 nitrogen and oxygen atoms in total. The standard InChI is InChI=1S/C13H22N.3BrH.H3N/c1-4-14(5-2,6-3)12-13-10-8-7-9-11-13;;;;/h7-11H,4-6,12H2,1-3H3;3*1H;1H3/q+1;;;;. The Morgan fingerprint density at radius 3 is 1.50 bits per heavy atom. The Bertz CT molecular complexity index is 256. The van der Waals surface area contributed by atoms with Crippen LogP contribution in [-0.4, -0.2) is 24.1 Å². The third-order valence-electron chi connectivity index (χ3n) is 3.37. The second-order valence-corrected chi connectivity index (χ2v) is 3.93. The van der Waals surface area contributed by atoms with E-state index in [1.165, 1.54) is 36.2 Å². The molecule has 1 rings (SSSR count). The van der Waals surface area contributed by atoms with E-state index < -0.39 is 0 Å². The van der Waals surface area contributed by atoms with E-state index in [4.69, 9.17) is 0 Å². The SMILES string of the molecule is Br.Br.Br.CC[N+](CC)(CC)Cc1ccccc1.N. The lowest BCUT2D eigenvalue weighted by atomic mass is 10.2. The van der Waals surface area contributed by atoms with Gasteiger partial charge in [0.15, 0.2) is 0 Å². The second kappa shape index (κ2) is 14.0. The zero-order valence-corrected chi connectivity index (χ0v) is 16.7. The summed E-state index contributed by atoms with van der Waals surface area (Å²) in [7, 11) is 0. The average Bonchev–Trinajstić information content (AvgIpc) is 2.28. The largest absolute Gasteiger partial charge is 0.344 e. The van der Waals surface area contributed by atoms with Crippen molar-refractivity contribution < 1.29 is 4.48 Å². The fourth-order valence-electron chi connectivity index (χ4n) is 1.98. The lowest BCUT2D eigenvalue weighted by Crippen LogP contribution is -2.46. The molecular weight excluding hydrogens is 424 g/mol. The first-order chi connectivity index (χ1) is 6.76. The van der Waals surface area contributed by atoms with E-state index in [-0.39, 0.29) is 57.1 Å². The van der Waals surface area contributed by atoms with Gasteiger partial charge >= 0.3 is 0 Å². The molecule has 1 aromatic rings. The van der Waals surface area contributed by atoms with E-state index >= 15 is 0 Å². The maximum absolute atomic E-state index is 2.29. The summed E-state index contributed by atoms with van der Waals surface area (Å²) >= 11 is 0. The third kappa shape index (κ3) is 7.89. The number of benzene rings is 1. The number of hydrogen-bond donors (Lipinski definition) is 1. The van der Waals surface area contributed by atoms with E-state index in [0.29, 0.717) is 0 Å². The monoisotopic (exact) mass is 449 g/mol. The van der Waals surface area contributed by atoms with Gasteiger partial charge in [-0.05, 0) is 20.8 Å². The molecule has 110 valence electrons. The van der Waals surface area contributed by atoms with Gasteiger partial charge in [0.2, 0.25) is 0 Å². The summed E-state index contributed by atoms with van der Waals surface area (Å²) in [5.74, 6) is 0. The Hall–Kier alpha value is 0.580. The lowest BCUT2D eigenvalue weighted by Gasteiger charge is -2.35. The molecule has 0 saturated carbocycles. The van der Waals surface area contributed by atoms with Crippen molar-refractivity contribution in [2.24, 2.45) is 0 Å². The van der Waals surface area contributed by atoms with Crippen molar-refractivity contribution in [2.75, 3.05) is 19.6 Å². The van der Waals surface area contributed by atoms with Gasteiger partial charge in [0.05, 0.1) is 19.6 Å². The summed E-state index contributed by atoms with van der Waals surface area (Å²) < 4.78 is 1.20. The highest BCUT2D eigenvalue weighted by molar-refractivity contribution is 8.93. The first-order valence-electron chi connectivity index (χ1n) is 5.65. The minimum absolute atomic E-state index is 0. The Kier molecular flexibility index (Phi) is 21.0. The highest BCUT2D eigenvalue weighted by Gasteiger charge is 2.20. The van der Waals surface area contributed by atoms with Crippen LogP contribution in [0.3, 0.4) is 0 Å². The van der Waals surface area contributed by atoms with Gasteiger partial charge in [-0.1, -0.05) is 30.3 Å². The van der Waals surface area contributed by atoms with E-state index in [2.05, 4.69) is 51.1 Å². The van der Waals surface area contributed by atoms with Crippen molar-refractivity contribution in [1.82, 2.24) is 6.15 Å². The van der Waals surface area contributed by atoms with Crippen LogP contribution in [0.4, 0.5) is 0 Å². The van der Waals surface area contributed by atoms with Crippen LogP contribution in [0.2, 0.25) is 0 Å². The van der Waals surface area contributed by atoms with E-state index in [1.54, 1.807) is 0 Å². The van der Waals surface area contributed by atoms with Crippen molar-refractivity contribution in [3.05, 3.63) is 35.9 Å². The maximum atomic E-state index is 2.29. The Morgan fingerprint density at radius 1 is 0.778 bits per heavy atom. The molecule has 0 aliphatic heterocycles. The van der Waals surface area contributed by atoms with E-state index in [1.807, 2.05) is 0 Å². The quantitative estimate of drug-likeness (QED) is 0.631. The Labute approximate surface area is 144 Å². The highest BCUT2D eigenvalue weighted by Crippen LogP contribution is 2.13. The summed E-state index contributed by atoms with van der Waals surface area (Å²) in [5.41, 5.74) is 1.46. The minimum Gasteiger partial charge on any atom is -0.344 e. The summed E-state index contributed by atoms with van der Waals surface area (Å²) in [6.07, 6.45) is 0. The number of nitrogens with zero attached hydrogens (tertiary/aromatic N) is 1. The predicted molar refractivity (Wildman–Crippen MR) is 98.0 cm³/mol. The van der Waals surface area contributed by atoms with Crippen LogP contribution in [-0.2, 0) is 6.54 Å². The minimum atomic E-state index is 0. The van der Waals surface area contributed by atoms with Crippen molar-refractivity contribution in [3.8, 4) is 0 Å². The van der Waals surface area contributed by atoms with Gasteiger partial charge in [-0.3, -0.25) is 0 Å². The fraction of sp³-hybridized carbons (Fsp3) is 0.538. The van der Waals surface area contributed by atoms with Gasteiger partial charge in [-0.25, -0.2) is 0 Å². The van der Waals surface area contributed by atoms with Crippen LogP contribution >= 0.6 is 50.9 Å². The molecule has 0 amide bonds. The number of quaternary nitrogens is 1. The van der Waals surface area contributed by atoms with Crippen LogP contribution in [0.1, 0.15) is 26.3 Å². The number of halogens is 3. The molecule has 0 bridgehead atoms. The molecular formula is C13H28Br3N2+. The average molecular weight is 452 g/mol. The topological polar surface area (TPSA) is 35.0 Å². The molecule has 0 radical (unpaired) electrons. The van der Waals surface area contributed by atoms with Crippen LogP contribution < -0.4 is 6.15 Å². The van der Waals surface area contributed by atoms with Crippen molar-refractivity contribution in [1.29, 1.82) is 0 Å².